The maximum absolute atomic E-state index is 12.6. The second-order valence-electron chi connectivity index (χ2n) is 6.85. The molecule has 1 aliphatic heterocycles. The first-order valence-corrected chi connectivity index (χ1v) is 11.3. The normalized spacial score (nSPS) is 19.3. The lowest BCUT2D eigenvalue weighted by Crippen LogP contribution is -2.28. The largest absolute Gasteiger partial charge is 0.395 e. The van der Waals surface area contributed by atoms with Crippen LogP contribution in [0, 0.1) is 5.92 Å². The van der Waals surface area contributed by atoms with Crippen LogP contribution in [0.5, 0.6) is 0 Å². The molecule has 29 heavy (non-hydrogen) atoms. The number of fused-ring (bicyclic) bond motifs is 3. The number of nitrogens with zero attached hydrogens (tertiary/aromatic N) is 3. The maximum Gasteiger partial charge on any atom is 0.263 e. The first-order valence-electron chi connectivity index (χ1n) is 9.30. The molecule has 1 aliphatic carbocycles. The fourth-order valence-corrected chi connectivity index (χ4v) is 4.91. The fourth-order valence-electron chi connectivity index (χ4n) is 3.34. The number of nitrogens with one attached hydrogen (secondary N) is 1. The molecule has 0 saturated carbocycles. The molecule has 1 amide bonds. The third-order valence-corrected chi connectivity index (χ3v) is 6.72. The zero-order valence-corrected chi connectivity index (χ0v) is 17.8. The topological polar surface area (TPSA) is 77.3 Å². The molecule has 4 rings (SSSR count). The number of hydrogen-bond donors (Lipinski definition) is 2. The maximum atomic E-state index is 12.6. The van der Waals surface area contributed by atoms with Gasteiger partial charge in [0.05, 0.1) is 17.5 Å². The van der Waals surface area contributed by atoms with Gasteiger partial charge in [0.25, 0.3) is 5.91 Å². The van der Waals surface area contributed by atoms with Crippen molar-refractivity contribution in [1.82, 2.24) is 4.90 Å². The van der Waals surface area contributed by atoms with Crippen molar-refractivity contribution < 1.29 is 9.90 Å². The Labute approximate surface area is 178 Å². The number of rotatable bonds is 5. The summed E-state index contributed by atoms with van der Waals surface area (Å²) in [5.41, 5.74) is 2.00. The second kappa shape index (κ2) is 8.52. The lowest BCUT2D eigenvalue weighted by Gasteiger charge is -2.25. The summed E-state index contributed by atoms with van der Waals surface area (Å²) in [7, 11) is 1.70. The van der Waals surface area contributed by atoms with Gasteiger partial charge in [0.15, 0.2) is 0 Å². The van der Waals surface area contributed by atoms with Crippen LogP contribution in [0.4, 0.5) is 5.69 Å². The number of likely N-dealkylation sites (N-methyl/N-ethyl adjacent to an activating group) is 1. The number of guanidine groups is 1. The minimum atomic E-state index is -0.0975. The van der Waals surface area contributed by atoms with Crippen molar-refractivity contribution in [3.8, 4) is 0 Å². The number of carbonyl (C=O) groups is 1. The van der Waals surface area contributed by atoms with E-state index in [4.69, 9.17) is 10.1 Å². The van der Waals surface area contributed by atoms with E-state index in [2.05, 4.69) is 28.5 Å². The number of thioether (sulfide) groups is 1. The van der Waals surface area contributed by atoms with Gasteiger partial charge in [-0.25, -0.2) is 9.98 Å². The van der Waals surface area contributed by atoms with E-state index >= 15 is 0 Å². The highest BCUT2D eigenvalue weighted by molar-refractivity contribution is 7.98. The predicted octanol–water partition coefficient (Wildman–Crippen LogP) is 3.77. The van der Waals surface area contributed by atoms with E-state index in [1.165, 1.54) is 21.1 Å². The highest BCUT2D eigenvalue weighted by atomic mass is 32.2. The van der Waals surface area contributed by atoms with Crippen LogP contribution in [0.1, 0.15) is 26.2 Å². The number of aliphatic hydroxyl groups excluding tert-OH is 1. The third kappa shape index (κ3) is 4.14. The molecule has 0 radical (unpaired) electrons. The first kappa shape index (κ1) is 19.9. The molecule has 0 spiro atoms. The van der Waals surface area contributed by atoms with Crippen molar-refractivity contribution in [2.24, 2.45) is 15.9 Å². The molecule has 6 nitrogen and oxygen atoms in total. The van der Waals surface area contributed by atoms with E-state index < -0.39 is 0 Å². The van der Waals surface area contributed by atoms with Gasteiger partial charge in [-0.2, -0.15) is 0 Å². The van der Waals surface area contributed by atoms with Crippen molar-refractivity contribution >= 4 is 52.9 Å². The van der Waals surface area contributed by atoms with Crippen LogP contribution in [-0.2, 0) is 0 Å². The SMILES string of the molecule is CSc1cccc(NC2=NC3c4cc(C(=O)N(C)CCO)sc4C=CC3C=N2)c1. The number of thiophene rings is 1. The van der Waals surface area contributed by atoms with E-state index in [9.17, 15) is 4.79 Å². The molecule has 2 aromatic rings. The number of amides is 1. The summed E-state index contributed by atoms with van der Waals surface area (Å²) in [6.45, 7) is 0.267. The molecular formula is C21H22N4O2S2. The number of anilines is 1. The van der Waals surface area contributed by atoms with E-state index in [-0.39, 0.29) is 24.5 Å². The van der Waals surface area contributed by atoms with Gasteiger partial charge in [0.1, 0.15) is 0 Å². The van der Waals surface area contributed by atoms with Crippen molar-refractivity contribution in [2.75, 3.05) is 31.8 Å². The van der Waals surface area contributed by atoms with Gasteiger partial charge in [-0.05, 0) is 42.2 Å². The standard InChI is InChI=1S/C21H22N4O2S2/c1-25(8-9-26)20(27)18-11-16-17(29-18)7-6-13-12-22-21(24-19(13)16)23-14-4-3-5-15(10-14)28-2/h3-7,10-13,19,26H,8-9H2,1-2H3,(H,23,24). The molecule has 2 atom stereocenters. The Morgan fingerprint density at radius 2 is 2.24 bits per heavy atom. The average Bonchev–Trinajstić information content (AvgIpc) is 3.18. The Morgan fingerprint density at radius 1 is 1.38 bits per heavy atom. The molecule has 2 N–H and O–H groups in total. The molecule has 0 fully saturated rings. The minimum absolute atomic E-state index is 0.0501. The first-order chi connectivity index (χ1) is 14.1. The van der Waals surface area contributed by atoms with Gasteiger partial charge in [-0.15, -0.1) is 23.1 Å². The monoisotopic (exact) mass is 426 g/mol. The zero-order chi connectivity index (χ0) is 20.4. The zero-order valence-electron chi connectivity index (χ0n) is 16.2. The van der Waals surface area contributed by atoms with Crippen LogP contribution < -0.4 is 5.32 Å². The van der Waals surface area contributed by atoms with Crippen molar-refractivity contribution in [3.63, 3.8) is 0 Å². The Bertz CT molecular complexity index is 1010. The average molecular weight is 427 g/mol. The molecule has 2 aliphatic rings. The minimum Gasteiger partial charge on any atom is -0.395 e. The van der Waals surface area contributed by atoms with Gasteiger partial charge in [-0.1, -0.05) is 12.1 Å². The Morgan fingerprint density at radius 3 is 3.03 bits per heavy atom. The third-order valence-electron chi connectivity index (χ3n) is 4.89. The molecular weight excluding hydrogens is 404 g/mol. The number of hydrogen-bond acceptors (Lipinski definition) is 7. The van der Waals surface area contributed by atoms with Crippen LogP contribution in [0.2, 0.25) is 0 Å². The van der Waals surface area contributed by atoms with Crippen molar-refractivity contribution in [2.45, 2.75) is 10.9 Å². The van der Waals surface area contributed by atoms with Crippen molar-refractivity contribution in [3.05, 3.63) is 51.7 Å². The highest BCUT2D eigenvalue weighted by Crippen LogP contribution is 2.40. The van der Waals surface area contributed by atoms with E-state index in [1.807, 2.05) is 36.7 Å². The highest BCUT2D eigenvalue weighted by Gasteiger charge is 2.31. The Kier molecular flexibility index (Phi) is 5.84. The lowest BCUT2D eigenvalue weighted by atomic mass is 9.89. The van der Waals surface area contributed by atoms with Crippen LogP contribution in [0.25, 0.3) is 6.08 Å². The predicted molar refractivity (Wildman–Crippen MR) is 121 cm³/mol. The summed E-state index contributed by atoms with van der Waals surface area (Å²) < 4.78 is 0. The fraction of sp³-hybridized carbons (Fsp3) is 0.286. The smallest absolute Gasteiger partial charge is 0.263 e. The molecule has 2 unspecified atom stereocenters. The van der Waals surface area contributed by atoms with Gasteiger partial charge >= 0.3 is 0 Å². The number of aliphatic hydroxyl groups is 1. The summed E-state index contributed by atoms with van der Waals surface area (Å²) >= 11 is 3.15. The van der Waals surface area contributed by atoms with E-state index in [1.54, 1.807) is 18.8 Å². The van der Waals surface area contributed by atoms with Crippen molar-refractivity contribution in [1.29, 1.82) is 0 Å². The van der Waals surface area contributed by atoms with Crippen LogP contribution >= 0.6 is 23.1 Å². The van der Waals surface area contributed by atoms with E-state index in [0.29, 0.717) is 17.4 Å². The number of carbonyl (C=O) groups excluding carboxylic acids is 1. The molecule has 150 valence electrons. The second-order valence-corrected chi connectivity index (χ2v) is 8.81. The van der Waals surface area contributed by atoms with E-state index in [0.717, 1.165) is 16.1 Å². The summed E-state index contributed by atoms with van der Waals surface area (Å²) in [4.78, 5) is 26.4. The van der Waals surface area contributed by atoms with Gasteiger partial charge in [0.2, 0.25) is 5.96 Å². The molecule has 0 bridgehead atoms. The molecule has 1 aromatic heterocycles. The lowest BCUT2D eigenvalue weighted by molar-refractivity contribution is 0.0771. The van der Waals surface area contributed by atoms with Gasteiger partial charge < -0.3 is 15.3 Å². The molecule has 8 heteroatoms. The van der Waals surface area contributed by atoms with Gasteiger partial charge in [-0.3, -0.25) is 4.79 Å². The van der Waals surface area contributed by atoms with Crippen LogP contribution in [0.15, 0.2) is 51.3 Å². The summed E-state index contributed by atoms with van der Waals surface area (Å²) in [6.07, 6.45) is 8.09. The quantitative estimate of drug-likeness (QED) is 0.714. The molecule has 0 saturated heterocycles. The number of benzene rings is 1. The van der Waals surface area contributed by atoms with Gasteiger partial charge in [0, 0.05) is 41.2 Å². The van der Waals surface area contributed by atoms with Crippen LogP contribution in [0.3, 0.4) is 0 Å². The summed E-state index contributed by atoms with van der Waals surface area (Å²) in [6, 6.07) is 9.97. The molecule has 1 aromatic carbocycles. The van der Waals surface area contributed by atoms with Crippen LogP contribution in [-0.4, -0.2) is 54.5 Å². The molecule has 2 heterocycles. The Balaban J connectivity index is 1.59. The number of aliphatic imine (C=N–C) groups is 2. The Hall–Kier alpha value is -2.42. The summed E-state index contributed by atoms with van der Waals surface area (Å²) in [5.74, 6) is 0.574. The summed E-state index contributed by atoms with van der Waals surface area (Å²) in [5, 5.41) is 12.4.